The van der Waals surface area contributed by atoms with Gasteiger partial charge in [0.2, 0.25) is 0 Å². The Balaban J connectivity index is 1.54. The highest BCUT2D eigenvalue weighted by Crippen LogP contribution is 2.26. The van der Waals surface area contributed by atoms with Crippen molar-refractivity contribution in [1.29, 1.82) is 0 Å². The highest BCUT2D eigenvalue weighted by molar-refractivity contribution is 7.99. The fourth-order valence-corrected chi connectivity index (χ4v) is 4.50. The number of nitrogen functional groups attached to an aromatic ring is 1. The molecule has 1 aliphatic rings. The first-order valence-electron chi connectivity index (χ1n) is 8.73. The fraction of sp³-hybridized carbons (Fsp3) is 0.647. The summed E-state index contributed by atoms with van der Waals surface area (Å²) in [4.78, 5) is 13.8. The summed E-state index contributed by atoms with van der Waals surface area (Å²) < 4.78 is 0. The summed E-state index contributed by atoms with van der Waals surface area (Å²) in [6, 6.07) is 0. The van der Waals surface area contributed by atoms with Crippen molar-refractivity contribution in [1.82, 2.24) is 19.9 Å². The molecule has 2 aromatic heterocycles. The molecule has 0 saturated carbocycles. The molecule has 1 saturated heterocycles. The highest BCUT2D eigenvalue weighted by Gasteiger charge is 2.31. The van der Waals surface area contributed by atoms with Crippen LogP contribution in [0.1, 0.15) is 31.7 Å². The first kappa shape index (κ1) is 17.5. The van der Waals surface area contributed by atoms with E-state index in [1.807, 2.05) is 18.0 Å². The number of unbranched alkanes of at least 4 members (excludes halogenated alkanes) is 2. The van der Waals surface area contributed by atoms with Gasteiger partial charge in [0.15, 0.2) is 5.82 Å². The number of fused-ring (bicyclic) bond motifs is 1. The molecule has 6 nitrogen and oxygen atoms in total. The van der Waals surface area contributed by atoms with Gasteiger partial charge in [-0.1, -0.05) is 19.8 Å². The van der Waals surface area contributed by atoms with E-state index >= 15 is 0 Å². The molecule has 132 valence electrons. The van der Waals surface area contributed by atoms with Crippen molar-refractivity contribution >= 4 is 28.6 Å². The minimum absolute atomic E-state index is 0.228. The lowest BCUT2D eigenvalue weighted by Gasteiger charge is -2.15. The number of hydrogen-bond donors (Lipinski definition) is 3. The molecule has 7 heteroatoms. The van der Waals surface area contributed by atoms with Gasteiger partial charge in [-0.25, -0.2) is 9.97 Å². The molecule has 4 N–H and O–H groups in total. The average Bonchev–Trinajstić information content (AvgIpc) is 3.13. The molecular weight excluding hydrogens is 322 g/mol. The number of aromatic nitrogens is 3. The summed E-state index contributed by atoms with van der Waals surface area (Å²) in [5.74, 6) is 3.09. The largest absolute Gasteiger partial charge is 0.391 e. The van der Waals surface area contributed by atoms with Gasteiger partial charge >= 0.3 is 0 Å². The van der Waals surface area contributed by atoms with Gasteiger partial charge in [-0.2, -0.15) is 11.8 Å². The van der Waals surface area contributed by atoms with Crippen LogP contribution in [0.3, 0.4) is 0 Å². The van der Waals surface area contributed by atoms with E-state index in [4.69, 9.17) is 5.73 Å². The molecule has 1 aliphatic heterocycles. The van der Waals surface area contributed by atoms with Crippen LogP contribution < -0.4 is 5.73 Å². The van der Waals surface area contributed by atoms with Gasteiger partial charge in [0.25, 0.3) is 0 Å². The lowest BCUT2D eigenvalue weighted by Crippen LogP contribution is -2.21. The minimum atomic E-state index is -0.228. The number of hydrogen-bond acceptors (Lipinski definition) is 6. The zero-order valence-corrected chi connectivity index (χ0v) is 15.1. The van der Waals surface area contributed by atoms with E-state index in [-0.39, 0.29) is 6.10 Å². The molecule has 24 heavy (non-hydrogen) atoms. The lowest BCUT2D eigenvalue weighted by molar-refractivity contribution is 0.149. The molecule has 3 heterocycles. The SMILES string of the molecule is CCCCCSC[C@H]1CN(Cc2c[nH]c3c(N)ncnc23)C[C@@H]1O. The summed E-state index contributed by atoms with van der Waals surface area (Å²) in [7, 11) is 0. The van der Waals surface area contributed by atoms with Gasteiger partial charge in [-0.15, -0.1) is 0 Å². The van der Waals surface area contributed by atoms with Crippen LogP contribution in [0.5, 0.6) is 0 Å². The molecule has 0 bridgehead atoms. The second-order valence-corrected chi connectivity index (χ2v) is 7.75. The van der Waals surface area contributed by atoms with Gasteiger partial charge in [-0.05, 0) is 17.9 Å². The predicted molar refractivity (Wildman–Crippen MR) is 99.9 cm³/mol. The van der Waals surface area contributed by atoms with Gasteiger partial charge in [0.1, 0.15) is 11.8 Å². The van der Waals surface area contributed by atoms with Crippen LogP contribution in [0.2, 0.25) is 0 Å². The first-order valence-corrected chi connectivity index (χ1v) is 9.89. The van der Waals surface area contributed by atoms with Crippen molar-refractivity contribution in [2.75, 3.05) is 30.3 Å². The number of likely N-dealkylation sites (tertiary alicyclic amines) is 1. The summed E-state index contributed by atoms with van der Waals surface area (Å²) in [6.45, 7) is 4.68. The Bertz CT molecular complexity index is 661. The van der Waals surface area contributed by atoms with E-state index in [0.717, 1.165) is 42.0 Å². The third-order valence-electron chi connectivity index (χ3n) is 4.67. The molecule has 0 unspecified atom stereocenters. The number of thioether (sulfide) groups is 1. The van der Waals surface area contributed by atoms with Gasteiger partial charge in [-0.3, -0.25) is 4.90 Å². The van der Waals surface area contributed by atoms with Crippen molar-refractivity contribution < 1.29 is 5.11 Å². The number of aromatic amines is 1. The average molecular weight is 350 g/mol. The van der Waals surface area contributed by atoms with Gasteiger partial charge in [0.05, 0.1) is 11.6 Å². The van der Waals surface area contributed by atoms with Crippen LogP contribution >= 0.6 is 11.8 Å². The second kappa shape index (κ2) is 8.18. The van der Waals surface area contributed by atoms with Gasteiger partial charge in [0, 0.05) is 37.3 Å². The molecule has 3 rings (SSSR count). The van der Waals surface area contributed by atoms with Crippen molar-refractivity contribution in [2.45, 2.75) is 38.8 Å². The Kier molecular flexibility index (Phi) is 5.97. The zero-order chi connectivity index (χ0) is 16.9. The number of anilines is 1. The Morgan fingerprint density at radius 3 is 3.08 bits per heavy atom. The third-order valence-corrected chi connectivity index (χ3v) is 5.91. The molecular formula is C17H27N5OS. The molecule has 0 spiro atoms. The second-order valence-electron chi connectivity index (χ2n) is 6.60. The van der Waals surface area contributed by atoms with Crippen molar-refractivity contribution in [3.63, 3.8) is 0 Å². The first-order chi connectivity index (χ1) is 11.7. The standard InChI is InChI=1S/C17H27N5OS/c1-2-3-4-5-24-10-13-8-22(9-14(13)23)7-12-6-19-16-15(12)20-11-21-17(16)18/h6,11,13-14,19,23H,2-5,7-10H2,1H3,(H2,18,20,21)/t13-,14+/m1/s1. The lowest BCUT2D eigenvalue weighted by atomic mass is 10.1. The molecule has 2 aromatic rings. The number of β-amino-alcohol motifs (C(OH)–C–C–N with tert-alkyl or cyclic N) is 1. The Morgan fingerprint density at radius 1 is 1.38 bits per heavy atom. The maximum absolute atomic E-state index is 10.3. The zero-order valence-electron chi connectivity index (χ0n) is 14.2. The maximum Gasteiger partial charge on any atom is 0.151 e. The Labute approximate surface area is 147 Å². The Morgan fingerprint density at radius 2 is 2.25 bits per heavy atom. The summed E-state index contributed by atoms with van der Waals surface area (Å²) in [6.07, 6.45) is 7.08. The monoisotopic (exact) mass is 349 g/mol. The number of aliphatic hydroxyl groups is 1. The summed E-state index contributed by atoms with van der Waals surface area (Å²) in [5.41, 5.74) is 8.67. The quantitative estimate of drug-likeness (QED) is 0.633. The number of rotatable bonds is 8. The van der Waals surface area contributed by atoms with E-state index in [9.17, 15) is 5.11 Å². The predicted octanol–water partition coefficient (Wildman–Crippen LogP) is 2.26. The van der Waals surface area contributed by atoms with Crippen molar-refractivity contribution in [3.8, 4) is 0 Å². The van der Waals surface area contributed by atoms with E-state index < -0.39 is 0 Å². The van der Waals surface area contributed by atoms with Gasteiger partial charge < -0.3 is 15.8 Å². The number of nitrogens with zero attached hydrogens (tertiary/aromatic N) is 3. The fourth-order valence-electron chi connectivity index (χ4n) is 3.30. The van der Waals surface area contributed by atoms with Crippen LogP contribution in [0.15, 0.2) is 12.5 Å². The van der Waals surface area contributed by atoms with E-state index in [0.29, 0.717) is 11.7 Å². The topological polar surface area (TPSA) is 91.1 Å². The smallest absolute Gasteiger partial charge is 0.151 e. The van der Waals surface area contributed by atoms with Crippen LogP contribution in [0.4, 0.5) is 5.82 Å². The van der Waals surface area contributed by atoms with E-state index in [1.54, 1.807) is 0 Å². The van der Waals surface area contributed by atoms with Crippen LogP contribution in [0, 0.1) is 5.92 Å². The third kappa shape index (κ3) is 4.02. The molecule has 0 radical (unpaired) electrons. The number of aliphatic hydroxyl groups excluding tert-OH is 1. The summed E-state index contributed by atoms with van der Waals surface area (Å²) in [5, 5.41) is 10.3. The van der Waals surface area contributed by atoms with Crippen LogP contribution in [-0.2, 0) is 6.54 Å². The number of nitrogens with two attached hydrogens (primary N) is 1. The van der Waals surface area contributed by atoms with Crippen LogP contribution in [0.25, 0.3) is 11.0 Å². The van der Waals surface area contributed by atoms with Crippen molar-refractivity contribution in [2.24, 2.45) is 5.92 Å². The van der Waals surface area contributed by atoms with E-state index in [2.05, 4.69) is 26.8 Å². The highest BCUT2D eigenvalue weighted by atomic mass is 32.2. The Hall–Kier alpha value is -1.31. The molecule has 1 fully saturated rings. The summed E-state index contributed by atoms with van der Waals surface area (Å²) >= 11 is 1.98. The normalized spacial score (nSPS) is 21.8. The molecule has 2 atom stereocenters. The minimum Gasteiger partial charge on any atom is -0.391 e. The molecule has 0 aromatic carbocycles. The number of nitrogens with one attached hydrogen (secondary N) is 1. The van der Waals surface area contributed by atoms with E-state index in [1.165, 1.54) is 31.3 Å². The molecule has 0 aliphatic carbocycles. The maximum atomic E-state index is 10.3. The molecule has 0 amide bonds. The van der Waals surface area contributed by atoms with Crippen LogP contribution in [-0.4, -0.2) is 55.7 Å². The van der Waals surface area contributed by atoms with Crippen molar-refractivity contribution in [3.05, 3.63) is 18.1 Å². The number of H-pyrrole nitrogens is 1.